The number of aromatic hydroxyl groups is 1. The fourth-order valence-electron chi connectivity index (χ4n) is 1.32. The van der Waals surface area contributed by atoms with Gasteiger partial charge in [0, 0.05) is 5.56 Å². The minimum atomic E-state index is -4.79. The summed E-state index contributed by atoms with van der Waals surface area (Å²) in [6.07, 6.45) is -4.79. The maximum atomic E-state index is 12.5. The van der Waals surface area contributed by atoms with Crippen molar-refractivity contribution in [1.29, 1.82) is 5.26 Å². The van der Waals surface area contributed by atoms with Gasteiger partial charge in [-0.15, -0.1) is 0 Å². The molecule has 0 aliphatic rings. The molecule has 7 heteroatoms. The Hall–Kier alpha value is -1.78. The molecule has 4 nitrogen and oxygen atoms in total. The van der Waals surface area contributed by atoms with E-state index >= 15 is 0 Å². The number of nitriles is 1. The topological polar surface area (TPSA) is 90.3 Å². The molecule has 1 aromatic rings. The summed E-state index contributed by atoms with van der Waals surface area (Å²) in [4.78, 5) is 0. The molecule has 1 atom stereocenters. The summed E-state index contributed by atoms with van der Waals surface area (Å²) in [7, 11) is 0. The zero-order valence-electron chi connectivity index (χ0n) is 8.49. The van der Waals surface area contributed by atoms with Crippen molar-refractivity contribution in [2.45, 2.75) is 12.2 Å². The lowest BCUT2D eigenvalue weighted by Crippen LogP contribution is -2.17. The largest absolute Gasteiger partial charge is 0.507 e. The molecule has 0 amide bonds. The van der Waals surface area contributed by atoms with E-state index in [1.54, 1.807) is 0 Å². The van der Waals surface area contributed by atoms with E-state index in [-0.39, 0.29) is 11.1 Å². The minimum Gasteiger partial charge on any atom is -0.507 e. The van der Waals surface area contributed by atoms with Crippen molar-refractivity contribution in [3.8, 4) is 11.8 Å². The van der Waals surface area contributed by atoms with Gasteiger partial charge in [-0.25, -0.2) is 0 Å². The van der Waals surface area contributed by atoms with Gasteiger partial charge in [0.2, 0.25) is 0 Å². The summed E-state index contributed by atoms with van der Waals surface area (Å²) in [6, 6.07) is 1.91. The molecule has 17 heavy (non-hydrogen) atoms. The second-order valence-corrected chi connectivity index (χ2v) is 3.36. The van der Waals surface area contributed by atoms with Gasteiger partial charge in [-0.2, -0.15) is 18.4 Å². The smallest absolute Gasteiger partial charge is 0.420 e. The summed E-state index contributed by atoms with van der Waals surface area (Å²) >= 11 is 0. The molecule has 0 spiro atoms. The number of alkyl halides is 3. The number of aliphatic hydroxyl groups is 1. The van der Waals surface area contributed by atoms with E-state index in [1.165, 1.54) is 6.07 Å². The SMILES string of the molecule is N#Cc1cc([C@H](N)CO)c(O)c(C(F)(F)F)c1. The molecule has 92 valence electrons. The van der Waals surface area contributed by atoms with Gasteiger partial charge < -0.3 is 15.9 Å². The standard InChI is InChI=1S/C10H9F3N2O2/c11-10(12,13)7-2-5(3-14)1-6(9(7)17)8(15)4-16/h1-2,8,16-17H,4,15H2/t8-/m1/s1. The van der Waals surface area contributed by atoms with Crippen LogP contribution in [0.4, 0.5) is 13.2 Å². The maximum Gasteiger partial charge on any atom is 0.420 e. The first kappa shape index (κ1) is 13.3. The van der Waals surface area contributed by atoms with Crippen LogP contribution in [-0.4, -0.2) is 16.8 Å². The van der Waals surface area contributed by atoms with Crippen molar-refractivity contribution in [3.63, 3.8) is 0 Å². The van der Waals surface area contributed by atoms with E-state index in [4.69, 9.17) is 16.1 Å². The Balaban J connectivity index is 3.48. The highest BCUT2D eigenvalue weighted by molar-refractivity contribution is 5.50. The quantitative estimate of drug-likeness (QED) is 0.733. The summed E-state index contributed by atoms with van der Waals surface area (Å²) in [5, 5.41) is 26.8. The normalized spacial score (nSPS) is 13.2. The minimum absolute atomic E-state index is 0.283. The molecule has 0 aliphatic carbocycles. The van der Waals surface area contributed by atoms with Gasteiger partial charge in [-0.05, 0) is 12.1 Å². The van der Waals surface area contributed by atoms with Gasteiger partial charge in [0.05, 0.1) is 29.8 Å². The fraction of sp³-hybridized carbons (Fsp3) is 0.300. The van der Waals surface area contributed by atoms with Crippen LogP contribution in [0.2, 0.25) is 0 Å². The van der Waals surface area contributed by atoms with E-state index in [9.17, 15) is 18.3 Å². The number of nitrogens with two attached hydrogens (primary N) is 1. The number of aliphatic hydroxyl groups excluding tert-OH is 1. The molecule has 4 N–H and O–H groups in total. The van der Waals surface area contributed by atoms with E-state index in [1.807, 2.05) is 0 Å². The van der Waals surface area contributed by atoms with Crippen LogP contribution in [0.5, 0.6) is 5.75 Å². The van der Waals surface area contributed by atoms with Crippen LogP contribution in [0, 0.1) is 11.3 Å². The lowest BCUT2D eigenvalue weighted by Gasteiger charge is -2.16. The molecule has 0 saturated carbocycles. The van der Waals surface area contributed by atoms with Crippen molar-refractivity contribution in [3.05, 3.63) is 28.8 Å². The number of nitrogens with zero attached hydrogens (tertiary/aromatic N) is 1. The third-order valence-corrected chi connectivity index (χ3v) is 2.17. The highest BCUT2D eigenvalue weighted by atomic mass is 19.4. The first-order chi connectivity index (χ1) is 7.81. The Morgan fingerprint density at radius 3 is 2.41 bits per heavy atom. The van der Waals surface area contributed by atoms with Gasteiger partial charge in [-0.3, -0.25) is 0 Å². The van der Waals surface area contributed by atoms with Crippen molar-refractivity contribution < 1.29 is 23.4 Å². The van der Waals surface area contributed by atoms with E-state index in [0.717, 1.165) is 6.07 Å². The first-order valence-electron chi connectivity index (χ1n) is 4.52. The van der Waals surface area contributed by atoms with Crippen LogP contribution in [0.25, 0.3) is 0 Å². The van der Waals surface area contributed by atoms with E-state index in [2.05, 4.69) is 0 Å². The molecule has 0 aliphatic heterocycles. The van der Waals surface area contributed by atoms with Crippen molar-refractivity contribution in [2.24, 2.45) is 5.73 Å². The third-order valence-electron chi connectivity index (χ3n) is 2.17. The van der Waals surface area contributed by atoms with Crippen LogP contribution in [0.15, 0.2) is 12.1 Å². The predicted molar refractivity (Wildman–Crippen MR) is 51.8 cm³/mol. The lowest BCUT2D eigenvalue weighted by molar-refractivity contribution is -0.138. The number of phenols is 1. The summed E-state index contributed by atoms with van der Waals surface area (Å²) in [5.74, 6) is -1.06. The van der Waals surface area contributed by atoms with Crippen molar-refractivity contribution in [2.75, 3.05) is 6.61 Å². The average molecular weight is 246 g/mol. The maximum absolute atomic E-state index is 12.5. The van der Waals surface area contributed by atoms with E-state index in [0.29, 0.717) is 6.07 Å². The Bertz CT molecular complexity index is 466. The summed E-state index contributed by atoms with van der Waals surface area (Å²) in [6.45, 7) is -0.639. The molecule has 0 fully saturated rings. The van der Waals surface area contributed by atoms with Crippen LogP contribution >= 0.6 is 0 Å². The molecule has 0 unspecified atom stereocenters. The molecule has 0 saturated heterocycles. The van der Waals surface area contributed by atoms with Gasteiger partial charge >= 0.3 is 6.18 Å². The van der Waals surface area contributed by atoms with E-state index < -0.39 is 30.1 Å². The van der Waals surface area contributed by atoms with Crippen LogP contribution in [-0.2, 0) is 6.18 Å². The van der Waals surface area contributed by atoms with Crippen molar-refractivity contribution >= 4 is 0 Å². The number of rotatable bonds is 2. The molecule has 0 heterocycles. The first-order valence-corrected chi connectivity index (χ1v) is 4.52. The fourth-order valence-corrected chi connectivity index (χ4v) is 1.32. The average Bonchev–Trinajstić information content (AvgIpc) is 2.26. The summed E-state index contributed by atoms with van der Waals surface area (Å²) < 4.78 is 37.6. The number of hydrogen-bond donors (Lipinski definition) is 3. The molecule has 0 aromatic heterocycles. The summed E-state index contributed by atoms with van der Waals surface area (Å²) in [5.41, 5.74) is 3.42. The van der Waals surface area contributed by atoms with Gasteiger partial charge in [0.1, 0.15) is 5.75 Å². The second kappa shape index (κ2) is 4.61. The zero-order valence-corrected chi connectivity index (χ0v) is 8.49. The van der Waals surface area contributed by atoms with Gasteiger partial charge in [0.15, 0.2) is 0 Å². The zero-order chi connectivity index (χ0) is 13.2. The van der Waals surface area contributed by atoms with Gasteiger partial charge in [0.25, 0.3) is 0 Å². The third kappa shape index (κ3) is 2.67. The van der Waals surface area contributed by atoms with Crippen LogP contribution in [0.1, 0.15) is 22.7 Å². The Morgan fingerprint density at radius 1 is 1.41 bits per heavy atom. The number of hydrogen-bond acceptors (Lipinski definition) is 4. The number of halogens is 3. The highest BCUT2D eigenvalue weighted by Crippen LogP contribution is 2.39. The lowest BCUT2D eigenvalue weighted by atomic mass is 9.99. The van der Waals surface area contributed by atoms with Gasteiger partial charge in [-0.1, -0.05) is 0 Å². The molecule has 0 radical (unpaired) electrons. The van der Waals surface area contributed by atoms with Crippen LogP contribution in [0.3, 0.4) is 0 Å². The molecule has 1 aromatic carbocycles. The number of benzene rings is 1. The Kier molecular flexibility index (Phi) is 3.60. The molecular weight excluding hydrogens is 237 g/mol. The Morgan fingerprint density at radius 2 is 2.00 bits per heavy atom. The molecular formula is C10H9F3N2O2. The van der Waals surface area contributed by atoms with Crippen LogP contribution < -0.4 is 5.73 Å². The molecule has 0 bridgehead atoms. The monoisotopic (exact) mass is 246 g/mol. The van der Waals surface area contributed by atoms with Crippen molar-refractivity contribution in [1.82, 2.24) is 0 Å². The predicted octanol–water partition coefficient (Wildman–Crippen LogP) is 1.27. The molecule has 1 rings (SSSR count). The Labute approximate surface area is 94.7 Å². The highest BCUT2D eigenvalue weighted by Gasteiger charge is 2.36. The number of phenolic OH excluding ortho intramolecular Hbond substituents is 1. The second-order valence-electron chi connectivity index (χ2n) is 3.36.